The van der Waals surface area contributed by atoms with Gasteiger partial charge in [-0.05, 0) is 0 Å². The van der Waals surface area contributed by atoms with Crippen LogP contribution in [0.15, 0.2) is 17.6 Å². The second-order valence-corrected chi connectivity index (χ2v) is 3.35. The molecule has 0 aromatic carbocycles. The first-order chi connectivity index (χ1) is 6.74. The first-order valence-corrected chi connectivity index (χ1v) is 4.75. The van der Waals surface area contributed by atoms with Gasteiger partial charge in [0.05, 0.1) is 4.92 Å². The van der Waals surface area contributed by atoms with E-state index in [0.29, 0.717) is 17.3 Å². The van der Waals surface area contributed by atoms with E-state index in [0.717, 1.165) is 0 Å². The maximum absolute atomic E-state index is 10.3. The third-order valence-corrected chi connectivity index (χ3v) is 2.18. The van der Waals surface area contributed by atoms with Crippen molar-refractivity contribution in [1.29, 1.82) is 0 Å². The van der Waals surface area contributed by atoms with Gasteiger partial charge in [-0.2, -0.15) is 0 Å². The van der Waals surface area contributed by atoms with E-state index in [1.165, 1.54) is 24.2 Å². The molecule has 1 heterocycles. The lowest BCUT2D eigenvalue weighted by Gasteiger charge is -1.95. The summed E-state index contributed by atoms with van der Waals surface area (Å²) in [5, 5.41) is 10.8. The molecule has 1 rings (SSSR count). The highest BCUT2D eigenvalue weighted by atomic mass is 32.2. The standard InChI is InChI=1S/C8H7N3O2S/c1-2-3-4-14-8-9-5-7(6-10-8)11(12)13/h1,5-6H,3-4H2. The molecule has 0 radical (unpaired) electrons. The van der Waals surface area contributed by atoms with Crippen LogP contribution < -0.4 is 0 Å². The molecule has 0 aliphatic heterocycles. The lowest BCUT2D eigenvalue weighted by molar-refractivity contribution is -0.385. The normalized spacial score (nSPS) is 9.36. The summed E-state index contributed by atoms with van der Waals surface area (Å²) >= 11 is 1.38. The van der Waals surface area contributed by atoms with Gasteiger partial charge in [0.2, 0.25) is 0 Å². The summed E-state index contributed by atoms with van der Waals surface area (Å²) in [6.07, 6.45) is 8.06. The summed E-state index contributed by atoms with van der Waals surface area (Å²) in [5.41, 5.74) is -0.105. The number of thioether (sulfide) groups is 1. The Morgan fingerprint density at radius 1 is 1.57 bits per heavy atom. The molecular weight excluding hydrogens is 202 g/mol. The van der Waals surface area contributed by atoms with Gasteiger partial charge in [-0.15, -0.1) is 12.3 Å². The molecular formula is C8H7N3O2S. The Hall–Kier alpha value is -1.61. The summed E-state index contributed by atoms with van der Waals surface area (Å²) in [5.74, 6) is 3.20. The van der Waals surface area contributed by atoms with Crippen LogP contribution in [0.3, 0.4) is 0 Å². The lowest BCUT2D eigenvalue weighted by atomic mass is 10.5. The predicted octanol–water partition coefficient (Wildman–Crippen LogP) is 1.50. The molecule has 72 valence electrons. The quantitative estimate of drug-likeness (QED) is 0.188. The van der Waals surface area contributed by atoms with Crippen molar-refractivity contribution < 1.29 is 4.92 Å². The summed E-state index contributed by atoms with van der Waals surface area (Å²) in [6, 6.07) is 0. The van der Waals surface area contributed by atoms with Gasteiger partial charge in [0.15, 0.2) is 5.16 Å². The van der Waals surface area contributed by atoms with E-state index in [1.807, 2.05) is 0 Å². The largest absolute Gasteiger partial charge is 0.305 e. The molecule has 0 spiro atoms. The second kappa shape index (κ2) is 5.19. The number of hydrogen-bond acceptors (Lipinski definition) is 5. The van der Waals surface area contributed by atoms with E-state index in [1.54, 1.807) is 0 Å². The SMILES string of the molecule is C#CCCSc1ncc([N+](=O)[O-])cn1. The monoisotopic (exact) mass is 209 g/mol. The van der Waals surface area contributed by atoms with Gasteiger partial charge in [0.25, 0.3) is 0 Å². The maximum Gasteiger partial charge on any atom is 0.305 e. The van der Waals surface area contributed by atoms with Gasteiger partial charge < -0.3 is 0 Å². The van der Waals surface area contributed by atoms with E-state index in [9.17, 15) is 10.1 Å². The number of aromatic nitrogens is 2. The zero-order valence-corrected chi connectivity index (χ0v) is 8.03. The number of terminal acetylenes is 1. The highest BCUT2D eigenvalue weighted by Crippen LogP contribution is 2.15. The summed E-state index contributed by atoms with van der Waals surface area (Å²) in [7, 11) is 0. The average Bonchev–Trinajstić information content (AvgIpc) is 2.19. The minimum Gasteiger partial charge on any atom is -0.258 e. The van der Waals surface area contributed by atoms with E-state index >= 15 is 0 Å². The van der Waals surface area contributed by atoms with E-state index < -0.39 is 4.92 Å². The average molecular weight is 209 g/mol. The molecule has 0 fully saturated rings. The van der Waals surface area contributed by atoms with Crippen molar-refractivity contribution in [3.05, 3.63) is 22.5 Å². The zero-order valence-electron chi connectivity index (χ0n) is 7.21. The van der Waals surface area contributed by atoms with Gasteiger partial charge in [-0.1, -0.05) is 11.8 Å². The first-order valence-electron chi connectivity index (χ1n) is 3.76. The van der Waals surface area contributed by atoms with Crippen LogP contribution in [0.25, 0.3) is 0 Å². The summed E-state index contributed by atoms with van der Waals surface area (Å²) in [6.45, 7) is 0. The zero-order chi connectivity index (χ0) is 10.4. The van der Waals surface area contributed by atoms with Crippen LogP contribution >= 0.6 is 11.8 Å². The Bertz CT molecular complexity index is 358. The minimum absolute atomic E-state index is 0.105. The molecule has 0 amide bonds. The molecule has 0 unspecified atom stereocenters. The van der Waals surface area contributed by atoms with Crippen LogP contribution in [-0.4, -0.2) is 20.6 Å². The molecule has 0 saturated heterocycles. The first kappa shape index (κ1) is 10.5. The van der Waals surface area contributed by atoms with Crippen LogP contribution in [0.5, 0.6) is 0 Å². The molecule has 0 aliphatic carbocycles. The van der Waals surface area contributed by atoms with Crippen molar-refractivity contribution in [2.75, 3.05) is 5.75 Å². The number of rotatable bonds is 4. The lowest BCUT2D eigenvalue weighted by Crippen LogP contribution is -1.92. The molecule has 0 saturated carbocycles. The van der Waals surface area contributed by atoms with E-state index in [4.69, 9.17) is 6.42 Å². The molecule has 1 aromatic heterocycles. The van der Waals surface area contributed by atoms with Crippen molar-refractivity contribution in [1.82, 2.24) is 9.97 Å². The smallest absolute Gasteiger partial charge is 0.258 e. The Morgan fingerprint density at radius 2 is 2.21 bits per heavy atom. The molecule has 6 heteroatoms. The molecule has 5 nitrogen and oxygen atoms in total. The highest BCUT2D eigenvalue weighted by Gasteiger charge is 2.06. The van der Waals surface area contributed by atoms with Crippen molar-refractivity contribution in [3.8, 4) is 12.3 Å². The van der Waals surface area contributed by atoms with Crippen molar-refractivity contribution >= 4 is 17.4 Å². The van der Waals surface area contributed by atoms with Crippen LogP contribution in [-0.2, 0) is 0 Å². The maximum atomic E-state index is 10.3. The van der Waals surface area contributed by atoms with Crippen LogP contribution in [0.2, 0.25) is 0 Å². The number of hydrogen-bond donors (Lipinski definition) is 0. The fraction of sp³-hybridized carbons (Fsp3) is 0.250. The van der Waals surface area contributed by atoms with Gasteiger partial charge in [0, 0.05) is 12.2 Å². The fourth-order valence-electron chi connectivity index (χ4n) is 0.679. The third kappa shape index (κ3) is 3.03. The highest BCUT2D eigenvalue weighted by molar-refractivity contribution is 7.99. The Morgan fingerprint density at radius 3 is 2.71 bits per heavy atom. The Kier molecular flexibility index (Phi) is 3.88. The van der Waals surface area contributed by atoms with Crippen molar-refractivity contribution in [3.63, 3.8) is 0 Å². The Balaban J connectivity index is 2.56. The molecule has 0 atom stereocenters. The molecule has 0 aliphatic rings. The van der Waals surface area contributed by atoms with Gasteiger partial charge in [0.1, 0.15) is 12.4 Å². The van der Waals surface area contributed by atoms with Gasteiger partial charge in [-0.3, -0.25) is 10.1 Å². The van der Waals surface area contributed by atoms with Crippen LogP contribution in [0.4, 0.5) is 5.69 Å². The fourth-order valence-corrected chi connectivity index (χ4v) is 1.34. The Labute approximate surface area is 85.1 Å². The van der Waals surface area contributed by atoms with Crippen molar-refractivity contribution in [2.24, 2.45) is 0 Å². The molecule has 1 aromatic rings. The minimum atomic E-state index is -0.532. The summed E-state index contributed by atoms with van der Waals surface area (Å²) in [4.78, 5) is 17.4. The molecule has 0 N–H and O–H groups in total. The van der Waals surface area contributed by atoms with Crippen LogP contribution in [0.1, 0.15) is 6.42 Å². The summed E-state index contributed by atoms with van der Waals surface area (Å²) < 4.78 is 0. The number of nitrogens with zero attached hydrogens (tertiary/aromatic N) is 3. The van der Waals surface area contributed by atoms with Gasteiger partial charge in [-0.25, -0.2) is 9.97 Å². The van der Waals surface area contributed by atoms with E-state index in [2.05, 4.69) is 15.9 Å². The van der Waals surface area contributed by atoms with E-state index in [-0.39, 0.29) is 5.69 Å². The second-order valence-electron chi connectivity index (χ2n) is 2.28. The van der Waals surface area contributed by atoms with Crippen LogP contribution in [0, 0.1) is 22.5 Å². The predicted molar refractivity (Wildman–Crippen MR) is 52.9 cm³/mol. The van der Waals surface area contributed by atoms with Crippen molar-refractivity contribution in [2.45, 2.75) is 11.6 Å². The third-order valence-electron chi connectivity index (χ3n) is 1.30. The molecule has 0 bridgehead atoms. The molecule has 14 heavy (non-hydrogen) atoms. The van der Waals surface area contributed by atoms with Gasteiger partial charge >= 0.3 is 5.69 Å². The topological polar surface area (TPSA) is 68.9 Å². The number of nitro groups is 1.